The fourth-order valence-electron chi connectivity index (χ4n) is 3.40. The first-order valence-corrected chi connectivity index (χ1v) is 11.7. The summed E-state index contributed by atoms with van der Waals surface area (Å²) in [6, 6.07) is 12.0. The summed E-state index contributed by atoms with van der Waals surface area (Å²) in [4.78, 5) is 17.1. The lowest BCUT2D eigenvalue weighted by molar-refractivity contribution is -0.115. The van der Waals surface area contributed by atoms with Crippen molar-refractivity contribution in [2.75, 3.05) is 5.32 Å². The molecular formula is C24H27N7OS. The van der Waals surface area contributed by atoms with Crippen LogP contribution < -0.4 is 5.32 Å². The number of thioether (sulfide) groups is 1. The highest BCUT2D eigenvalue weighted by Crippen LogP contribution is 2.31. The first-order chi connectivity index (χ1) is 15.8. The van der Waals surface area contributed by atoms with Gasteiger partial charge in [0.25, 0.3) is 0 Å². The van der Waals surface area contributed by atoms with Crippen molar-refractivity contribution in [1.82, 2.24) is 29.5 Å². The van der Waals surface area contributed by atoms with Crippen LogP contribution in [0.15, 0.2) is 60.1 Å². The van der Waals surface area contributed by atoms with E-state index in [-0.39, 0.29) is 11.9 Å². The number of carbonyl (C=O) groups is 1. The van der Waals surface area contributed by atoms with E-state index in [2.05, 4.69) is 51.6 Å². The summed E-state index contributed by atoms with van der Waals surface area (Å²) in [6.45, 7) is 10.1. The summed E-state index contributed by atoms with van der Waals surface area (Å²) < 4.78 is 3.78. The third-order valence-electron chi connectivity index (χ3n) is 5.38. The number of nitrogens with one attached hydrogen (secondary N) is 1. The van der Waals surface area contributed by atoms with Crippen LogP contribution in [-0.2, 0) is 4.79 Å². The maximum atomic E-state index is 13.0. The van der Waals surface area contributed by atoms with Gasteiger partial charge in [-0.15, -0.1) is 10.2 Å². The molecule has 1 amide bonds. The van der Waals surface area contributed by atoms with Crippen molar-refractivity contribution in [1.29, 1.82) is 0 Å². The predicted octanol–water partition coefficient (Wildman–Crippen LogP) is 4.84. The van der Waals surface area contributed by atoms with Gasteiger partial charge in [-0.25, -0.2) is 4.68 Å². The summed E-state index contributed by atoms with van der Waals surface area (Å²) in [5, 5.41) is 16.4. The van der Waals surface area contributed by atoms with Crippen molar-refractivity contribution in [2.24, 2.45) is 0 Å². The molecule has 3 aromatic heterocycles. The zero-order valence-electron chi connectivity index (χ0n) is 19.4. The fourth-order valence-corrected chi connectivity index (χ4v) is 4.26. The Kier molecular flexibility index (Phi) is 6.60. The van der Waals surface area contributed by atoms with Crippen LogP contribution in [0.3, 0.4) is 0 Å². The van der Waals surface area contributed by atoms with Crippen LogP contribution in [0.4, 0.5) is 5.82 Å². The zero-order chi connectivity index (χ0) is 23.5. The van der Waals surface area contributed by atoms with Crippen molar-refractivity contribution in [2.45, 2.75) is 51.1 Å². The number of benzene rings is 1. The van der Waals surface area contributed by atoms with E-state index < -0.39 is 5.25 Å². The number of hydrogen-bond acceptors (Lipinski definition) is 6. The van der Waals surface area contributed by atoms with Gasteiger partial charge in [0.05, 0.1) is 17.1 Å². The lowest BCUT2D eigenvalue weighted by Crippen LogP contribution is -2.25. The average Bonchev–Trinajstić information content (AvgIpc) is 3.43. The van der Waals surface area contributed by atoms with E-state index >= 15 is 0 Å². The molecule has 4 aromatic rings. The summed E-state index contributed by atoms with van der Waals surface area (Å²) in [7, 11) is 0. The molecule has 0 aliphatic carbocycles. The van der Waals surface area contributed by atoms with E-state index in [1.54, 1.807) is 29.3 Å². The molecule has 1 atom stereocenters. The first kappa shape index (κ1) is 22.7. The van der Waals surface area contributed by atoms with Gasteiger partial charge in [-0.3, -0.25) is 14.3 Å². The largest absolute Gasteiger partial charge is 0.310 e. The molecule has 4 rings (SSSR count). The van der Waals surface area contributed by atoms with Gasteiger partial charge in [-0.05, 0) is 70.0 Å². The number of aryl methyl sites for hydroxylation is 2. The molecule has 0 radical (unpaired) electrons. The smallest absolute Gasteiger partial charge is 0.238 e. The molecule has 3 heterocycles. The number of hydrogen-bond donors (Lipinski definition) is 1. The van der Waals surface area contributed by atoms with Gasteiger partial charge >= 0.3 is 0 Å². The zero-order valence-corrected chi connectivity index (χ0v) is 20.2. The Morgan fingerprint density at radius 1 is 0.970 bits per heavy atom. The first-order valence-electron chi connectivity index (χ1n) is 10.8. The molecule has 1 aromatic carbocycles. The Labute approximate surface area is 197 Å². The van der Waals surface area contributed by atoms with Gasteiger partial charge in [0.2, 0.25) is 5.91 Å². The Hall–Kier alpha value is -3.46. The molecule has 1 N–H and O–H groups in total. The van der Waals surface area contributed by atoms with Crippen LogP contribution in [0.25, 0.3) is 17.1 Å². The van der Waals surface area contributed by atoms with Crippen LogP contribution in [0.5, 0.6) is 0 Å². The van der Waals surface area contributed by atoms with Crippen molar-refractivity contribution in [3.63, 3.8) is 0 Å². The minimum Gasteiger partial charge on any atom is -0.310 e. The molecule has 33 heavy (non-hydrogen) atoms. The second-order valence-corrected chi connectivity index (χ2v) is 9.46. The van der Waals surface area contributed by atoms with E-state index in [1.165, 1.54) is 22.9 Å². The van der Waals surface area contributed by atoms with Crippen LogP contribution >= 0.6 is 11.8 Å². The normalized spacial score (nSPS) is 12.2. The van der Waals surface area contributed by atoms with Crippen molar-refractivity contribution in [3.8, 4) is 17.1 Å². The number of nitrogens with zero attached hydrogens (tertiary/aromatic N) is 6. The second-order valence-electron chi connectivity index (χ2n) is 8.15. The Bertz CT molecular complexity index is 1260. The molecule has 0 aliphatic heterocycles. The summed E-state index contributed by atoms with van der Waals surface area (Å²) in [5.74, 6) is 1.26. The van der Waals surface area contributed by atoms with Crippen LogP contribution in [0, 0.1) is 13.8 Å². The molecular weight excluding hydrogens is 434 g/mol. The third kappa shape index (κ3) is 4.83. The molecule has 1 unspecified atom stereocenters. The van der Waals surface area contributed by atoms with Gasteiger partial charge < -0.3 is 5.32 Å². The molecule has 0 aliphatic rings. The van der Waals surface area contributed by atoms with Gasteiger partial charge in [0.1, 0.15) is 5.82 Å². The van der Waals surface area contributed by atoms with Gasteiger partial charge in [-0.1, -0.05) is 17.8 Å². The minimum absolute atomic E-state index is 0.123. The molecule has 8 nitrogen and oxygen atoms in total. The summed E-state index contributed by atoms with van der Waals surface area (Å²) in [6.07, 6.45) is 5.15. The van der Waals surface area contributed by atoms with Gasteiger partial charge in [0.15, 0.2) is 11.0 Å². The van der Waals surface area contributed by atoms with E-state index in [1.807, 2.05) is 43.5 Å². The lowest BCUT2D eigenvalue weighted by Gasteiger charge is -2.16. The van der Waals surface area contributed by atoms with E-state index in [4.69, 9.17) is 0 Å². The number of amides is 1. The predicted molar refractivity (Wildman–Crippen MR) is 131 cm³/mol. The monoisotopic (exact) mass is 461 g/mol. The quantitative estimate of drug-likeness (QED) is 0.396. The van der Waals surface area contributed by atoms with E-state index in [9.17, 15) is 4.79 Å². The second kappa shape index (κ2) is 9.58. The van der Waals surface area contributed by atoms with Crippen molar-refractivity contribution >= 4 is 23.5 Å². The maximum absolute atomic E-state index is 13.0. The summed E-state index contributed by atoms with van der Waals surface area (Å²) >= 11 is 1.37. The molecule has 9 heteroatoms. The van der Waals surface area contributed by atoms with Gasteiger partial charge in [-0.2, -0.15) is 5.10 Å². The van der Waals surface area contributed by atoms with E-state index in [0.717, 1.165) is 11.3 Å². The number of rotatable bonds is 7. The highest BCUT2D eigenvalue weighted by molar-refractivity contribution is 8.00. The highest BCUT2D eigenvalue weighted by Gasteiger charge is 2.23. The molecule has 0 saturated carbocycles. The fraction of sp³-hybridized carbons (Fsp3) is 0.292. The molecule has 170 valence electrons. The number of carbonyl (C=O) groups excluding carboxylic acids is 1. The standard InChI is InChI=1S/C24H27N7OS/c1-15(2)31-21(10-13-26-31)27-23(32)18(5)33-24-29-28-22(19-8-11-25-12-9-19)30(24)20-7-6-16(3)17(4)14-20/h6-15,18H,1-5H3,(H,27,32). The van der Waals surface area contributed by atoms with E-state index in [0.29, 0.717) is 16.8 Å². The molecule has 0 spiro atoms. The molecule has 0 fully saturated rings. The molecule has 0 saturated heterocycles. The SMILES string of the molecule is Cc1ccc(-n2c(SC(C)C(=O)Nc3ccnn3C(C)C)nnc2-c2ccncc2)cc1C. The van der Waals surface area contributed by atoms with Crippen LogP contribution in [0.1, 0.15) is 37.9 Å². The number of anilines is 1. The number of aromatic nitrogens is 6. The van der Waals surface area contributed by atoms with Crippen LogP contribution in [-0.4, -0.2) is 40.7 Å². The Balaban J connectivity index is 1.66. The average molecular weight is 462 g/mol. The Morgan fingerprint density at radius 2 is 1.73 bits per heavy atom. The summed E-state index contributed by atoms with van der Waals surface area (Å²) in [5.41, 5.74) is 4.23. The minimum atomic E-state index is -0.403. The van der Waals surface area contributed by atoms with Crippen LogP contribution in [0.2, 0.25) is 0 Å². The third-order valence-corrected chi connectivity index (χ3v) is 6.43. The van der Waals surface area contributed by atoms with Crippen molar-refractivity contribution < 1.29 is 4.79 Å². The van der Waals surface area contributed by atoms with Gasteiger partial charge in [0, 0.05) is 30.1 Å². The maximum Gasteiger partial charge on any atom is 0.238 e. The lowest BCUT2D eigenvalue weighted by atomic mass is 10.1. The topological polar surface area (TPSA) is 90.5 Å². The Morgan fingerprint density at radius 3 is 2.42 bits per heavy atom. The molecule has 0 bridgehead atoms. The highest BCUT2D eigenvalue weighted by atomic mass is 32.2. The number of pyridine rings is 1. The van der Waals surface area contributed by atoms with Crippen molar-refractivity contribution in [3.05, 3.63) is 66.1 Å².